The second kappa shape index (κ2) is 5.77. The molecule has 1 atom stereocenters. The van der Waals surface area contributed by atoms with Gasteiger partial charge in [0.25, 0.3) is 0 Å². The number of hydrazone groups is 1. The van der Waals surface area contributed by atoms with Gasteiger partial charge in [0.05, 0.1) is 7.11 Å². The third-order valence-corrected chi connectivity index (χ3v) is 3.29. The van der Waals surface area contributed by atoms with E-state index in [4.69, 9.17) is 10.1 Å². The van der Waals surface area contributed by atoms with Crippen molar-refractivity contribution in [3.8, 4) is 5.75 Å². The number of methoxy groups -OCH3 is 1. The van der Waals surface area contributed by atoms with Crippen LogP contribution in [0.2, 0.25) is 0 Å². The van der Waals surface area contributed by atoms with Gasteiger partial charge in [-0.25, -0.2) is 0 Å². The predicted molar refractivity (Wildman–Crippen MR) is 77.1 cm³/mol. The number of thioether (sulfide) groups is 1. The largest absolute Gasteiger partial charge is 0.497 e. The van der Waals surface area contributed by atoms with Gasteiger partial charge in [0, 0.05) is 24.4 Å². The Morgan fingerprint density at radius 1 is 1.67 bits per heavy atom. The van der Waals surface area contributed by atoms with Crippen LogP contribution >= 0.6 is 11.8 Å². The maximum absolute atomic E-state index is 7.42. The van der Waals surface area contributed by atoms with Gasteiger partial charge in [-0.1, -0.05) is 11.8 Å². The van der Waals surface area contributed by atoms with E-state index in [9.17, 15) is 0 Å². The van der Waals surface area contributed by atoms with E-state index in [1.54, 1.807) is 7.11 Å². The van der Waals surface area contributed by atoms with Crippen LogP contribution in [0.25, 0.3) is 0 Å². The molecule has 1 aliphatic heterocycles. The molecule has 6 heteroatoms. The van der Waals surface area contributed by atoms with Gasteiger partial charge in [0.1, 0.15) is 5.75 Å². The molecule has 1 aromatic rings. The molecule has 2 rings (SSSR count). The average Bonchev–Trinajstić information content (AvgIpc) is 2.81. The van der Waals surface area contributed by atoms with Crippen molar-refractivity contribution in [1.29, 1.82) is 5.41 Å². The fraction of sp³-hybridized carbons (Fsp3) is 0.333. The normalized spacial score (nSPS) is 17.3. The van der Waals surface area contributed by atoms with Crippen LogP contribution in [0, 0.1) is 5.41 Å². The monoisotopic (exact) mass is 264 g/mol. The van der Waals surface area contributed by atoms with Gasteiger partial charge in [-0.3, -0.25) is 10.8 Å². The van der Waals surface area contributed by atoms with Crippen molar-refractivity contribution in [1.82, 2.24) is 5.43 Å². The molecule has 1 aliphatic rings. The van der Waals surface area contributed by atoms with Gasteiger partial charge in [0.2, 0.25) is 0 Å². The van der Waals surface area contributed by atoms with Crippen LogP contribution in [0.1, 0.15) is 11.5 Å². The summed E-state index contributed by atoms with van der Waals surface area (Å²) in [4.78, 5) is 0. The third-order valence-electron chi connectivity index (χ3n) is 2.80. The summed E-state index contributed by atoms with van der Waals surface area (Å²) in [5.74, 6) is 1.05. The van der Waals surface area contributed by atoms with Gasteiger partial charge in [-0.05, 0) is 30.0 Å². The fourth-order valence-corrected chi connectivity index (χ4v) is 1.97. The SMILES string of the molecule is COc1ccc2c(c1)C(/C=N/NC(=N)SC)CN2. The lowest BCUT2D eigenvalue weighted by molar-refractivity contribution is 0.414. The topological polar surface area (TPSA) is 69.5 Å². The Kier molecular flexibility index (Phi) is 4.09. The van der Waals surface area contributed by atoms with Crippen molar-refractivity contribution in [3.63, 3.8) is 0 Å². The Morgan fingerprint density at radius 2 is 2.50 bits per heavy atom. The second-order valence-corrected chi connectivity index (χ2v) is 4.68. The number of anilines is 1. The summed E-state index contributed by atoms with van der Waals surface area (Å²) in [6, 6.07) is 5.97. The molecule has 96 valence electrons. The summed E-state index contributed by atoms with van der Waals surface area (Å²) in [5.41, 5.74) is 4.97. The van der Waals surface area contributed by atoms with Crippen LogP contribution in [0.3, 0.4) is 0 Å². The molecule has 5 nitrogen and oxygen atoms in total. The number of nitrogens with one attached hydrogen (secondary N) is 3. The molecule has 18 heavy (non-hydrogen) atoms. The van der Waals surface area contributed by atoms with Crippen LogP contribution in [0.5, 0.6) is 5.75 Å². The van der Waals surface area contributed by atoms with E-state index in [0.717, 1.165) is 18.0 Å². The summed E-state index contributed by atoms with van der Waals surface area (Å²) in [7, 11) is 1.66. The van der Waals surface area contributed by atoms with Gasteiger partial charge in [-0.15, -0.1) is 0 Å². The molecular formula is C12H16N4OS. The van der Waals surface area contributed by atoms with Crippen molar-refractivity contribution in [2.45, 2.75) is 5.92 Å². The maximum Gasteiger partial charge on any atom is 0.174 e. The highest BCUT2D eigenvalue weighted by Crippen LogP contribution is 2.33. The zero-order valence-corrected chi connectivity index (χ0v) is 11.2. The number of ether oxygens (including phenoxy) is 1. The fourth-order valence-electron chi connectivity index (χ4n) is 1.83. The molecular weight excluding hydrogens is 248 g/mol. The molecule has 1 aromatic carbocycles. The lowest BCUT2D eigenvalue weighted by Crippen LogP contribution is -2.13. The van der Waals surface area contributed by atoms with Crippen LogP contribution < -0.4 is 15.5 Å². The zero-order valence-electron chi connectivity index (χ0n) is 10.4. The van der Waals surface area contributed by atoms with Gasteiger partial charge >= 0.3 is 0 Å². The van der Waals surface area contributed by atoms with Crippen molar-refractivity contribution in [3.05, 3.63) is 23.8 Å². The van der Waals surface area contributed by atoms with E-state index in [0.29, 0.717) is 5.17 Å². The predicted octanol–water partition coefficient (Wildman–Crippen LogP) is 2.08. The Balaban J connectivity index is 2.08. The molecule has 1 unspecified atom stereocenters. The minimum absolute atomic E-state index is 0.206. The number of hydrogen-bond donors (Lipinski definition) is 3. The number of amidine groups is 1. The highest BCUT2D eigenvalue weighted by molar-refractivity contribution is 8.13. The lowest BCUT2D eigenvalue weighted by atomic mass is 10.0. The van der Waals surface area contributed by atoms with Crippen molar-refractivity contribution >= 4 is 28.8 Å². The lowest BCUT2D eigenvalue weighted by Gasteiger charge is -2.06. The summed E-state index contributed by atoms with van der Waals surface area (Å²) in [6.45, 7) is 0.820. The second-order valence-electron chi connectivity index (χ2n) is 3.86. The van der Waals surface area contributed by atoms with Crippen LogP contribution in [0.4, 0.5) is 5.69 Å². The molecule has 1 heterocycles. The number of nitrogens with zero attached hydrogens (tertiary/aromatic N) is 1. The molecule has 0 saturated heterocycles. The first-order chi connectivity index (χ1) is 8.74. The van der Waals surface area contributed by atoms with E-state index in [-0.39, 0.29) is 5.92 Å². The van der Waals surface area contributed by atoms with Crippen LogP contribution in [0.15, 0.2) is 23.3 Å². The van der Waals surface area contributed by atoms with Gasteiger partial charge < -0.3 is 10.1 Å². The summed E-state index contributed by atoms with van der Waals surface area (Å²) >= 11 is 1.32. The Bertz CT molecular complexity index is 475. The molecule has 0 aliphatic carbocycles. The number of rotatable bonds is 3. The zero-order chi connectivity index (χ0) is 13.0. The molecule has 0 aromatic heterocycles. The Morgan fingerprint density at radius 3 is 3.22 bits per heavy atom. The molecule has 0 radical (unpaired) electrons. The average molecular weight is 264 g/mol. The first-order valence-electron chi connectivity index (χ1n) is 5.58. The summed E-state index contributed by atoms with van der Waals surface area (Å²) in [6.07, 6.45) is 3.66. The van der Waals surface area contributed by atoms with Crippen LogP contribution in [-0.2, 0) is 0 Å². The van der Waals surface area contributed by atoms with E-state index >= 15 is 0 Å². The van der Waals surface area contributed by atoms with Crippen LogP contribution in [-0.4, -0.2) is 31.3 Å². The maximum atomic E-state index is 7.42. The quantitative estimate of drug-likeness (QED) is 0.444. The van der Waals surface area contributed by atoms with E-state index < -0.39 is 0 Å². The Hall–Kier alpha value is -1.69. The molecule has 0 bridgehead atoms. The molecule has 3 N–H and O–H groups in total. The standard InChI is InChI=1S/C12H16N4OS/c1-17-9-3-4-11-10(5-9)8(6-14-11)7-15-16-12(13)18-2/h3-5,7-8,14H,6H2,1-2H3,(H2,13,16)/b15-7+. The minimum atomic E-state index is 0.206. The Labute approximate surface area is 111 Å². The number of hydrogen-bond acceptors (Lipinski definition) is 5. The van der Waals surface area contributed by atoms with Crippen molar-refractivity contribution in [2.75, 3.05) is 25.2 Å². The highest BCUT2D eigenvalue weighted by atomic mass is 32.2. The van der Waals surface area contributed by atoms with E-state index in [1.165, 1.54) is 17.3 Å². The molecule has 0 spiro atoms. The number of benzene rings is 1. The smallest absolute Gasteiger partial charge is 0.174 e. The minimum Gasteiger partial charge on any atom is -0.497 e. The van der Waals surface area contributed by atoms with Crippen molar-refractivity contribution in [2.24, 2.45) is 5.10 Å². The third kappa shape index (κ3) is 2.76. The first kappa shape index (κ1) is 12.8. The summed E-state index contributed by atoms with van der Waals surface area (Å²) in [5, 5.41) is 15.2. The first-order valence-corrected chi connectivity index (χ1v) is 6.80. The number of fused-ring (bicyclic) bond motifs is 1. The van der Waals surface area contributed by atoms with E-state index in [2.05, 4.69) is 15.8 Å². The molecule has 0 saturated carbocycles. The van der Waals surface area contributed by atoms with Gasteiger partial charge in [-0.2, -0.15) is 5.10 Å². The van der Waals surface area contributed by atoms with Crippen molar-refractivity contribution < 1.29 is 4.74 Å². The highest BCUT2D eigenvalue weighted by Gasteiger charge is 2.21. The molecule has 0 amide bonds. The van der Waals surface area contributed by atoms with Gasteiger partial charge in [0.15, 0.2) is 5.17 Å². The van der Waals surface area contributed by atoms with E-state index in [1.807, 2.05) is 30.7 Å². The summed E-state index contributed by atoms with van der Waals surface area (Å²) < 4.78 is 5.22. The molecule has 0 fully saturated rings.